The van der Waals surface area contributed by atoms with Crippen molar-refractivity contribution in [1.82, 2.24) is 10.0 Å². The maximum absolute atomic E-state index is 12.3. The Labute approximate surface area is 138 Å². The number of rotatable bonds is 6. The Balaban J connectivity index is 0.00000242. The minimum atomic E-state index is -3.53. The summed E-state index contributed by atoms with van der Waals surface area (Å²) in [6.07, 6.45) is 2.13. The molecule has 0 spiro atoms. The molecule has 1 aromatic rings. The van der Waals surface area contributed by atoms with Gasteiger partial charge >= 0.3 is 0 Å². The number of sulfonamides is 1. The molecule has 0 radical (unpaired) electrons. The van der Waals surface area contributed by atoms with Gasteiger partial charge in [0.05, 0.1) is 19.1 Å². The van der Waals surface area contributed by atoms with Gasteiger partial charge in [-0.05, 0) is 44.0 Å². The van der Waals surface area contributed by atoms with Crippen LogP contribution in [0.1, 0.15) is 12.8 Å². The lowest BCUT2D eigenvalue weighted by atomic mass is 10.0. The first kappa shape index (κ1) is 19.0. The van der Waals surface area contributed by atoms with E-state index in [1.807, 2.05) is 0 Å². The van der Waals surface area contributed by atoms with E-state index in [1.165, 1.54) is 26.4 Å². The van der Waals surface area contributed by atoms with Gasteiger partial charge in [0.1, 0.15) is 0 Å². The van der Waals surface area contributed by atoms with Crippen LogP contribution in [-0.4, -0.2) is 42.3 Å². The van der Waals surface area contributed by atoms with Crippen molar-refractivity contribution in [3.8, 4) is 11.5 Å². The van der Waals surface area contributed by atoms with E-state index in [1.54, 1.807) is 6.07 Å². The normalized spacial score (nSPS) is 18.4. The lowest BCUT2D eigenvalue weighted by molar-refractivity contribution is 0.353. The number of benzene rings is 1. The van der Waals surface area contributed by atoms with Crippen molar-refractivity contribution in [2.24, 2.45) is 5.92 Å². The fourth-order valence-electron chi connectivity index (χ4n) is 2.39. The molecule has 0 aliphatic carbocycles. The Hall–Kier alpha value is -1.02. The van der Waals surface area contributed by atoms with Crippen LogP contribution in [0.2, 0.25) is 0 Å². The fourth-order valence-corrected chi connectivity index (χ4v) is 3.52. The van der Waals surface area contributed by atoms with E-state index in [0.717, 1.165) is 25.9 Å². The summed E-state index contributed by atoms with van der Waals surface area (Å²) in [7, 11) is -0.535. The highest BCUT2D eigenvalue weighted by atomic mass is 35.5. The highest BCUT2D eigenvalue weighted by molar-refractivity contribution is 7.89. The minimum Gasteiger partial charge on any atom is -0.493 e. The maximum atomic E-state index is 12.3. The van der Waals surface area contributed by atoms with Gasteiger partial charge in [0.2, 0.25) is 10.0 Å². The third kappa shape index (κ3) is 4.74. The SMILES string of the molecule is COc1ccc(S(=O)(=O)NCC2CCCNC2)cc1OC.Cl. The Kier molecular flexibility index (Phi) is 7.41. The second-order valence-corrected chi connectivity index (χ2v) is 6.85. The summed E-state index contributed by atoms with van der Waals surface area (Å²) in [5.74, 6) is 1.25. The van der Waals surface area contributed by atoms with Crippen LogP contribution in [0.15, 0.2) is 23.1 Å². The zero-order valence-corrected chi connectivity index (χ0v) is 14.4. The van der Waals surface area contributed by atoms with Gasteiger partial charge in [-0.2, -0.15) is 0 Å². The summed E-state index contributed by atoms with van der Waals surface area (Å²) in [6.45, 7) is 2.32. The van der Waals surface area contributed by atoms with Gasteiger partial charge in [0.15, 0.2) is 11.5 Å². The summed E-state index contributed by atoms with van der Waals surface area (Å²) in [5, 5.41) is 3.27. The summed E-state index contributed by atoms with van der Waals surface area (Å²) in [4.78, 5) is 0.184. The molecule has 1 unspecified atom stereocenters. The molecule has 22 heavy (non-hydrogen) atoms. The topological polar surface area (TPSA) is 76.7 Å². The molecule has 1 aromatic carbocycles. The molecule has 126 valence electrons. The molecule has 1 heterocycles. The fraction of sp³-hybridized carbons (Fsp3) is 0.571. The van der Waals surface area contributed by atoms with Crippen molar-refractivity contribution in [3.63, 3.8) is 0 Å². The molecule has 0 amide bonds. The molecule has 1 aliphatic rings. The number of halogens is 1. The zero-order chi connectivity index (χ0) is 15.3. The summed E-state index contributed by atoms with van der Waals surface area (Å²) in [5.41, 5.74) is 0. The quantitative estimate of drug-likeness (QED) is 0.811. The van der Waals surface area contributed by atoms with Gasteiger partial charge in [0, 0.05) is 12.6 Å². The molecule has 1 aliphatic heterocycles. The van der Waals surface area contributed by atoms with Crippen LogP contribution in [0.3, 0.4) is 0 Å². The summed E-state index contributed by atoms with van der Waals surface area (Å²) < 4.78 is 37.5. The number of piperidine rings is 1. The third-order valence-electron chi connectivity index (χ3n) is 3.63. The molecule has 2 rings (SSSR count). The summed E-state index contributed by atoms with van der Waals surface area (Å²) in [6, 6.07) is 4.58. The molecular formula is C14H23ClN2O4S. The highest BCUT2D eigenvalue weighted by Gasteiger charge is 2.20. The molecule has 8 heteroatoms. The average Bonchev–Trinajstić information content (AvgIpc) is 2.53. The lowest BCUT2D eigenvalue weighted by Crippen LogP contribution is -2.38. The number of ether oxygens (including phenoxy) is 2. The molecule has 0 saturated carbocycles. The summed E-state index contributed by atoms with van der Waals surface area (Å²) >= 11 is 0. The van der Waals surface area contributed by atoms with Crippen molar-refractivity contribution in [2.45, 2.75) is 17.7 Å². The van der Waals surface area contributed by atoms with Crippen molar-refractivity contribution in [2.75, 3.05) is 33.9 Å². The molecule has 1 saturated heterocycles. The van der Waals surface area contributed by atoms with Gasteiger partial charge in [0.25, 0.3) is 0 Å². The first-order valence-corrected chi connectivity index (χ1v) is 8.47. The van der Waals surface area contributed by atoms with Crippen LogP contribution in [0.25, 0.3) is 0 Å². The molecule has 0 bridgehead atoms. The Morgan fingerprint density at radius 2 is 2.00 bits per heavy atom. The molecular weight excluding hydrogens is 328 g/mol. The molecule has 2 N–H and O–H groups in total. The smallest absolute Gasteiger partial charge is 0.240 e. The van der Waals surface area contributed by atoms with Crippen LogP contribution in [0, 0.1) is 5.92 Å². The predicted octanol–water partition coefficient (Wildman–Crippen LogP) is 1.40. The maximum Gasteiger partial charge on any atom is 0.240 e. The average molecular weight is 351 g/mol. The van der Waals surface area contributed by atoms with Crippen molar-refractivity contribution < 1.29 is 17.9 Å². The van der Waals surface area contributed by atoms with Gasteiger partial charge in [-0.1, -0.05) is 0 Å². The van der Waals surface area contributed by atoms with Crippen LogP contribution < -0.4 is 19.5 Å². The monoisotopic (exact) mass is 350 g/mol. The van der Waals surface area contributed by atoms with Gasteiger partial charge in [-0.15, -0.1) is 12.4 Å². The minimum absolute atomic E-state index is 0. The number of methoxy groups -OCH3 is 2. The third-order valence-corrected chi connectivity index (χ3v) is 5.05. The van der Waals surface area contributed by atoms with Crippen LogP contribution in [0.4, 0.5) is 0 Å². The Bertz CT molecular complexity index is 574. The van der Waals surface area contributed by atoms with E-state index in [2.05, 4.69) is 10.0 Å². The van der Waals surface area contributed by atoms with E-state index in [0.29, 0.717) is 24.0 Å². The van der Waals surface area contributed by atoms with E-state index in [4.69, 9.17) is 9.47 Å². The number of hydrogen-bond donors (Lipinski definition) is 2. The molecule has 1 fully saturated rings. The molecule has 6 nitrogen and oxygen atoms in total. The largest absolute Gasteiger partial charge is 0.493 e. The van der Waals surface area contributed by atoms with Crippen LogP contribution in [-0.2, 0) is 10.0 Å². The second-order valence-electron chi connectivity index (χ2n) is 5.08. The zero-order valence-electron chi connectivity index (χ0n) is 12.8. The van der Waals surface area contributed by atoms with Crippen LogP contribution >= 0.6 is 12.4 Å². The second kappa shape index (κ2) is 8.57. The first-order valence-electron chi connectivity index (χ1n) is 6.99. The van der Waals surface area contributed by atoms with Gasteiger partial charge in [-0.3, -0.25) is 0 Å². The van der Waals surface area contributed by atoms with Crippen molar-refractivity contribution >= 4 is 22.4 Å². The van der Waals surface area contributed by atoms with Crippen molar-refractivity contribution in [3.05, 3.63) is 18.2 Å². The predicted molar refractivity (Wildman–Crippen MR) is 87.6 cm³/mol. The van der Waals surface area contributed by atoms with Crippen molar-refractivity contribution in [1.29, 1.82) is 0 Å². The first-order chi connectivity index (χ1) is 10.1. The molecule has 1 atom stereocenters. The highest BCUT2D eigenvalue weighted by Crippen LogP contribution is 2.29. The van der Waals surface area contributed by atoms with E-state index in [-0.39, 0.29) is 17.3 Å². The lowest BCUT2D eigenvalue weighted by Gasteiger charge is -2.22. The number of nitrogens with one attached hydrogen (secondary N) is 2. The standard InChI is InChI=1S/C14H22N2O4S.ClH/c1-19-13-6-5-12(8-14(13)20-2)21(17,18)16-10-11-4-3-7-15-9-11;/h5-6,8,11,15-16H,3-4,7,9-10H2,1-2H3;1H. The van der Waals surface area contributed by atoms with E-state index < -0.39 is 10.0 Å². The van der Waals surface area contributed by atoms with E-state index >= 15 is 0 Å². The molecule has 0 aromatic heterocycles. The number of hydrogen-bond acceptors (Lipinski definition) is 5. The van der Waals surface area contributed by atoms with Crippen LogP contribution in [0.5, 0.6) is 11.5 Å². The van der Waals surface area contributed by atoms with Gasteiger partial charge in [-0.25, -0.2) is 13.1 Å². The Morgan fingerprint density at radius 3 is 2.59 bits per heavy atom. The van der Waals surface area contributed by atoms with E-state index in [9.17, 15) is 8.42 Å². The Morgan fingerprint density at radius 1 is 1.27 bits per heavy atom. The van der Waals surface area contributed by atoms with Gasteiger partial charge < -0.3 is 14.8 Å².